The van der Waals surface area contributed by atoms with Gasteiger partial charge in [-0.2, -0.15) is 0 Å². The first-order valence-electron chi connectivity index (χ1n) is 5.80. The molecule has 0 bridgehead atoms. The zero-order valence-electron chi connectivity index (χ0n) is 8.34. The molecule has 2 aliphatic rings. The minimum absolute atomic E-state index is 0.0747. The lowest BCUT2D eigenvalue weighted by Gasteiger charge is -2.31. The number of hydrogen-bond acceptors (Lipinski definition) is 2. The van der Waals surface area contributed by atoms with Crippen LogP contribution in [0.25, 0.3) is 0 Å². The summed E-state index contributed by atoms with van der Waals surface area (Å²) in [6, 6.07) is 1.11. The maximum atomic E-state index is 9.77. The normalized spacial score (nSPS) is 36.7. The van der Waals surface area contributed by atoms with Gasteiger partial charge in [0.25, 0.3) is 0 Å². The number of aliphatic hydroxyl groups is 1. The highest BCUT2D eigenvalue weighted by atomic mass is 16.3. The molecule has 0 heterocycles. The summed E-state index contributed by atoms with van der Waals surface area (Å²) in [5.41, 5.74) is 0. The van der Waals surface area contributed by atoms with Crippen LogP contribution in [0.1, 0.15) is 51.4 Å². The van der Waals surface area contributed by atoms with E-state index in [0.717, 1.165) is 6.42 Å². The second-order valence-corrected chi connectivity index (χ2v) is 4.61. The van der Waals surface area contributed by atoms with Crippen LogP contribution in [0.4, 0.5) is 0 Å². The molecular weight excluding hydrogens is 162 g/mol. The minimum Gasteiger partial charge on any atom is -0.392 e. The van der Waals surface area contributed by atoms with Gasteiger partial charge in [0.2, 0.25) is 0 Å². The van der Waals surface area contributed by atoms with Gasteiger partial charge in [-0.1, -0.05) is 25.7 Å². The predicted molar refractivity (Wildman–Crippen MR) is 53.7 cm³/mol. The van der Waals surface area contributed by atoms with E-state index in [1.54, 1.807) is 0 Å². The summed E-state index contributed by atoms with van der Waals surface area (Å²) in [5, 5.41) is 13.4. The Labute approximate surface area is 80.7 Å². The highest BCUT2D eigenvalue weighted by Crippen LogP contribution is 2.23. The number of nitrogens with one attached hydrogen (secondary N) is 1. The molecular formula is C11H21NO. The molecule has 0 spiro atoms. The number of rotatable bonds is 2. The Kier molecular flexibility index (Phi) is 3.23. The van der Waals surface area contributed by atoms with Crippen molar-refractivity contribution in [2.45, 2.75) is 69.6 Å². The van der Waals surface area contributed by atoms with Crippen LogP contribution in [-0.4, -0.2) is 23.3 Å². The Bertz CT molecular complexity index is 154. The second kappa shape index (κ2) is 4.43. The van der Waals surface area contributed by atoms with Crippen molar-refractivity contribution in [3.8, 4) is 0 Å². The van der Waals surface area contributed by atoms with Gasteiger partial charge < -0.3 is 10.4 Å². The van der Waals surface area contributed by atoms with Crippen LogP contribution in [0.15, 0.2) is 0 Å². The second-order valence-electron chi connectivity index (χ2n) is 4.61. The highest BCUT2D eigenvalue weighted by Gasteiger charge is 2.26. The van der Waals surface area contributed by atoms with Crippen LogP contribution in [-0.2, 0) is 0 Å². The SMILES string of the molecule is O[C@@H]1CCCC[C@H]1NC1CCCC1. The molecule has 2 fully saturated rings. The Morgan fingerprint density at radius 2 is 1.46 bits per heavy atom. The smallest absolute Gasteiger partial charge is 0.0693 e. The van der Waals surface area contributed by atoms with Crippen molar-refractivity contribution < 1.29 is 5.11 Å². The Morgan fingerprint density at radius 1 is 0.846 bits per heavy atom. The van der Waals surface area contributed by atoms with E-state index >= 15 is 0 Å². The molecule has 0 radical (unpaired) electrons. The van der Waals surface area contributed by atoms with Gasteiger partial charge in [-0.3, -0.25) is 0 Å². The fraction of sp³-hybridized carbons (Fsp3) is 1.00. The van der Waals surface area contributed by atoms with Crippen molar-refractivity contribution in [1.29, 1.82) is 0 Å². The van der Waals surface area contributed by atoms with Gasteiger partial charge in [-0.25, -0.2) is 0 Å². The van der Waals surface area contributed by atoms with Crippen LogP contribution in [0.5, 0.6) is 0 Å². The first-order valence-corrected chi connectivity index (χ1v) is 5.80. The molecule has 0 aromatic rings. The summed E-state index contributed by atoms with van der Waals surface area (Å²) in [5.74, 6) is 0. The zero-order chi connectivity index (χ0) is 9.10. The lowest BCUT2D eigenvalue weighted by Crippen LogP contribution is -2.46. The molecule has 2 N–H and O–H groups in total. The lowest BCUT2D eigenvalue weighted by atomic mass is 9.92. The van der Waals surface area contributed by atoms with Crippen molar-refractivity contribution in [3.63, 3.8) is 0 Å². The molecule has 0 saturated heterocycles. The summed E-state index contributed by atoms with van der Waals surface area (Å²) in [7, 11) is 0. The average Bonchev–Trinajstić information content (AvgIpc) is 2.61. The number of aliphatic hydroxyl groups excluding tert-OH is 1. The molecule has 2 nitrogen and oxygen atoms in total. The fourth-order valence-electron chi connectivity index (χ4n) is 2.70. The average molecular weight is 183 g/mol. The molecule has 2 aliphatic carbocycles. The molecule has 2 rings (SSSR count). The molecule has 0 aromatic heterocycles. The Morgan fingerprint density at radius 3 is 2.15 bits per heavy atom. The van der Waals surface area contributed by atoms with E-state index in [1.807, 2.05) is 0 Å². The molecule has 76 valence electrons. The van der Waals surface area contributed by atoms with E-state index in [0.29, 0.717) is 12.1 Å². The molecule has 13 heavy (non-hydrogen) atoms. The molecule has 0 aliphatic heterocycles. The van der Waals surface area contributed by atoms with E-state index in [-0.39, 0.29) is 6.10 Å². The lowest BCUT2D eigenvalue weighted by molar-refractivity contribution is 0.0852. The fourth-order valence-corrected chi connectivity index (χ4v) is 2.70. The van der Waals surface area contributed by atoms with E-state index < -0.39 is 0 Å². The standard InChI is InChI=1S/C11H21NO/c13-11-8-4-3-7-10(11)12-9-5-1-2-6-9/h9-13H,1-8H2/t10-,11-/m1/s1. The van der Waals surface area contributed by atoms with E-state index in [9.17, 15) is 5.11 Å². The van der Waals surface area contributed by atoms with Crippen LogP contribution in [0, 0.1) is 0 Å². The first kappa shape index (κ1) is 9.47. The third-order valence-electron chi connectivity index (χ3n) is 3.53. The Hall–Kier alpha value is -0.0800. The van der Waals surface area contributed by atoms with Gasteiger partial charge in [0, 0.05) is 12.1 Å². The quantitative estimate of drug-likeness (QED) is 0.684. The van der Waals surface area contributed by atoms with Gasteiger partial charge in [0.05, 0.1) is 6.10 Å². The highest BCUT2D eigenvalue weighted by molar-refractivity contribution is 4.85. The van der Waals surface area contributed by atoms with Crippen molar-refractivity contribution in [2.24, 2.45) is 0 Å². The minimum atomic E-state index is -0.0747. The summed E-state index contributed by atoms with van der Waals surface area (Å²) < 4.78 is 0. The van der Waals surface area contributed by atoms with E-state index in [2.05, 4.69) is 5.32 Å². The van der Waals surface area contributed by atoms with Crippen molar-refractivity contribution in [3.05, 3.63) is 0 Å². The first-order chi connectivity index (χ1) is 6.36. The summed E-state index contributed by atoms with van der Waals surface area (Å²) in [4.78, 5) is 0. The monoisotopic (exact) mass is 183 g/mol. The maximum Gasteiger partial charge on any atom is 0.0693 e. The van der Waals surface area contributed by atoms with Crippen LogP contribution in [0.3, 0.4) is 0 Å². The summed E-state index contributed by atoms with van der Waals surface area (Å²) >= 11 is 0. The molecule has 2 atom stereocenters. The Balaban J connectivity index is 1.78. The van der Waals surface area contributed by atoms with Gasteiger partial charge in [-0.05, 0) is 25.7 Å². The van der Waals surface area contributed by atoms with E-state index in [4.69, 9.17) is 0 Å². The molecule has 0 aromatic carbocycles. The van der Waals surface area contributed by atoms with Gasteiger partial charge in [-0.15, -0.1) is 0 Å². The van der Waals surface area contributed by atoms with Gasteiger partial charge in [0.15, 0.2) is 0 Å². The summed E-state index contributed by atoms with van der Waals surface area (Å²) in [6.07, 6.45) is 10.0. The topological polar surface area (TPSA) is 32.3 Å². The van der Waals surface area contributed by atoms with E-state index in [1.165, 1.54) is 44.9 Å². The van der Waals surface area contributed by atoms with Gasteiger partial charge >= 0.3 is 0 Å². The maximum absolute atomic E-state index is 9.77. The molecule has 0 amide bonds. The molecule has 2 heteroatoms. The molecule has 0 unspecified atom stereocenters. The predicted octanol–water partition coefficient (Wildman–Crippen LogP) is 1.82. The largest absolute Gasteiger partial charge is 0.392 e. The van der Waals surface area contributed by atoms with Gasteiger partial charge in [0.1, 0.15) is 0 Å². The number of hydrogen-bond donors (Lipinski definition) is 2. The third kappa shape index (κ3) is 2.44. The third-order valence-corrected chi connectivity index (χ3v) is 3.53. The van der Waals surface area contributed by atoms with Crippen molar-refractivity contribution >= 4 is 0 Å². The van der Waals surface area contributed by atoms with Crippen LogP contribution < -0.4 is 5.32 Å². The zero-order valence-corrected chi connectivity index (χ0v) is 8.34. The molecule has 2 saturated carbocycles. The van der Waals surface area contributed by atoms with Crippen molar-refractivity contribution in [2.75, 3.05) is 0 Å². The van der Waals surface area contributed by atoms with Crippen LogP contribution >= 0.6 is 0 Å². The van der Waals surface area contributed by atoms with Crippen molar-refractivity contribution in [1.82, 2.24) is 5.32 Å². The van der Waals surface area contributed by atoms with Crippen LogP contribution in [0.2, 0.25) is 0 Å². The summed E-state index contributed by atoms with van der Waals surface area (Å²) in [6.45, 7) is 0.